The second-order valence-electron chi connectivity index (χ2n) is 9.28. The number of dihydropyridines is 1. The van der Waals surface area contributed by atoms with Crippen molar-refractivity contribution in [2.24, 2.45) is 0 Å². The number of ether oxygens (including phenoxy) is 3. The lowest BCUT2D eigenvalue weighted by Gasteiger charge is -2.37. The van der Waals surface area contributed by atoms with Crippen LogP contribution in [-0.2, 0) is 14.3 Å². The maximum absolute atomic E-state index is 13.8. The lowest BCUT2D eigenvalue weighted by molar-refractivity contribution is -0.144. The third kappa shape index (κ3) is 4.94. The third-order valence-electron chi connectivity index (χ3n) is 7.02. The Bertz CT molecular complexity index is 1230. The van der Waals surface area contributed by atoms with E-state index in [4.69, 9.17) is 14.2 Å². The van der Waals surface area contributed by atoms with Crippen molar-refractivity contribution >= 4 is 27.7 Å². The number of esters is 1. The first-order valence-corrected chi connectivity index (χ1v) is 13.0. The molecule has 6 nitrogen and oxygen atoms in total. The molecule has 0 saturated carbocycles. The van der Waals surface area contributed by atoms with Gasteiger partial charge in [0, 0.05) is 33.8 Å². The van der Waals surface area contributed by atoms with Crippen LogP contribution in [0.5, 0.6) is 11.5 Å². The first-order chi connectivity index (χ1) is 17.3. The lowest BCUT2D eigenvalue weighted by Crippen LogP contribution is -2.36. The van der Waals surface area contributed by atoms with Gasteiger partial charge in [0.2, 0.25) is 0 Å². The van der Waals surface area contributed by atoms with Crippen LogP contribution in [0.3, 0.4) is 0 Å². The van der Waals surface area contributed by atoms with Crippen LogP contribution >= 0.6 is 15.9 Å². The van der Waals surface area contributed by atoms with Gasteiger partial charge in [0.1, 0.15) is 0 Å². The Morgan fingerprint density at radius 3 is 2.42 bits per heavy atom. The Kier molecular flexibility index (Phi) is 7.88. The van der Waals surface area contributed by atoms with E-state index < -0.39 is 11.9 Å². The number of benzene rings is 2. The molecule has 2 aromatic carbocycles. The molecule has 3 atom stereocenters. The summed E-state index contributed by atoms with van der Waals surface area (Å²) in [5, 5.41) is 3.41. The molecular formula is C29H32BrNO5. The second-order valence-corrected chi connectivity index (χ2v) is 10.1. The van der Waals surface area contributed by atoms with Crippen molar-refractivity contribution in [1.29, 1.82) is 0 Å². The SMILES string of the molecule is CCC(C)OC(=O)C1=C(C)NC2=C(C(=O)CC(c3ccccc3)C2)C1c1cc(OC)c(OC)cc1Br. The van der Waals surface area contributed by atoms with Gasteiger partial charge in [-0.15, -0.1) is 0 Å². The molecule has 0 aromatic heterocycles. The van der Waals surface area contributed by atoms with Crippen LogP contribution in [0.15, 0.2) is 69.5 Å². The van der Waals surface area contributed by atoms with Crippen molar-refractivity contribution in [2.75, 3.05) is 14.2 Å². The lowest BCUT2D eigenvalue weighted by atomic mass is 9.71. The Morgan fingerprint density at radius 1 is 1.11 bits per heavy atom. The van der Waals surface area contributed by atoms with E-state index in [0.29, 0.717) is 47.6 Å². The van der Waals surface area contributed by atoms with Gasteiger partial charge in [0.15, 0.2) is 17.3 Å². The molecule has 0 fully saturated rings. The van der Waals surface area contributed by atoms with Crippen LogP contribution in [-0.4, -0.2) is 32.1 Å². The summed E-state index contributed by atoms with van der Waals surface area (Å²) in [6.07, 6.45) is 1.50. The number of halogens is 1. The predicted molar refractivity (Wildman–Crippen MR) is 142 cm³/mol. The molecule has 2 aromatic rings. The standard InChI is InChI=1S/C29H32BrNO5/c1-6-16(2)36-29(33)26-17(3)31-22-12-19(18-10-8-7-9-11-18)13-23(32)28(22)27(26)20-14-24(34-4)25(35-5)15-21(20)30/h7-11,14-16,19,27,31H,6,12-13H2,1-5H3. The molecule has 1 aliphatic heterocycles. The minimum Gasteiger partial charge on any atom is -0.493 e. The molecule has 0 bridgehead atoms. The fourth-order valence-electron chi connectivity index (χ4n) is 5.00. The Hall–Kier alpha value is -3.06. The van der Waals surface area contributed by atoms with E-state index >= 15 is 0 Å². The van der Waals surface area contributed by atoms with E-state index in [1.165, 1.54) is 0 Å². The summed E-state index contributed by atoms with van der Waals surface area (Å²) in [6.45, 7) is 5.71. The molecule has 0 saturated heterocycles. The molecule has 1 aliphatic carbocycles. The molecule has 0 radical (unpaired) electrons. The summed E-state index contributed by atoms with van der Waals surface area (Å²) in [4.78, 5) is 27.3. The number of hydrogen-bond donors (Lipinski definition) is 1. The molecule has 0 amide bonds. The number of Topliss-reactive ketones (excluding diaryl/α,β-unsaturated/α-hetero) is 1. The summed E-state index contributed by atoms with van der Waals surface area (Å²) >= 11 is 3.67. The smallest absolute Gasteiger partial charge is 0.337 e. The summed E-state index contributed by atoms with van der Waals surface area (Å²) in [7, 11) is 3.14. The average Bonchev–Trinajstić information content (AvgIpc) is 2.87. The van der Waals surface area contributed by atoms with E-state index in [1.807, 2.05) is 51.1 Å². The Morgan fingerprint density at radius 2 is 1.78 bits per heavy atom. The van der Waals surface area contributed by atoms with E-state index in [2.05, 4.69) is 33.4 Å². The zero-order valence-corrected chi connectivity index (χ0v) is 22.9. The van der Waals surface area contributed by atoms with Crippen molar-refractivity contribution in [3.05, 3.63) is 80.6 Å². The van der Waals surface area contributed by atoms with Crippen LogP contribution < -0.4 is 14.8 Å². The van der Waals surface area contributed by atoms with Crippen molar-refractivity contribution in [1.82, 2.24) is 5.32 Å². The van der Waals surface area contributed by atoms with E-state index in [9.17, 15) is 9.59 Å². The number of methoxy groups -OCH3 is 2. The number of hydrogen-bond acceptors (Lipinski definition) is 6. The van der Waals surface area contributed by atoms with Gasteiger partial charge >= 0.3 is 5.97 Å². The molecule has 1 N–H and O–H groups in total. The maximum Gasteiger partial charge on any atom is 0.337 e. The number of carbonyl (C=O) groups is 2. The molecule has 3 unspecified atom stereocenters. The van der Waals surface area contributed by atoms with E-state index in [0.717, 1.165) is 21.3 Å². The van der Waals surface area contributed by atoms with Crippen molar-refractivity contribution < 1.29 is 23.8 Å². The number of carbonyl (C=O) groups excluding carboxylic acids is 2. The fourth-order valence-corrected chi connectivity index (χ4v) is 5.55. The molecule has 4 rings (SSSR count). The average molecular weight is 554 g/mol. The minimum absolute atomic E-state index is 0.0191. The van der Waals surface area contributed by atoms with Crippen molar-refractivity contribution in [3.63, 3.8) is 0 Å². The molecule has 36 heavy (non-hydrogen) atoms. The van der Waals surface area contributed by atoms with Gasteiger partial charge in [-0.1, -0.05) is 53.2 Å². The second kappa shape index (κ2) is 10.9. The molecular weight excluding hydrogens is 522 g/mol. The van der Waals surface area contributed by atoms with Gasteiger partial charge in [0.05, 0.1) is 25.9 Å². The highest BCUT2D eigenvalue weighted by molar-refractivity contribution is 9.10. The fraction of sp³-hybridized carbons (Fsp3) is 0.379. The quantitative estimate of drug-likeness (QED) is 0.413. The minimum atomic E-state index is -0.601. The van der Waals surface area contributed by atoms with Gasteiger partial charge in [0.25, 0.3) is 0 Å². The van der Waals surface area contributed by atoms with Gasteiger partial charge < -0.3 is 19.5 Å². The van der Waals surface area contributed by atoms with Crippen LogP contribution in [0.2, 0.25) is 0 Å². The van der Waals surface area contributed by atoms with Crippen LogP contribution in [0.25, 0.3) is 0 Å². The highest BCUT2D eigenvalue weighted by atomic mass is 79.9. The van der Waals surface area contributed by atoms with E-state index in [-0.39, 0.29) is 17.8 Å². The molecule has 190 valence electrons. The highest BCUT2D eigenvalue weighted by Gasteiger charge is 2.42. The zero-order valence-electron chi connectivity index (χ0n) is 21.3. The summed E-state index contributed by atoms with van der Waals surface area (Å²) in [6, 6.07) is 13.7. The van der Waals surface area contributed by atoms with Crippen LogP contribution in [0.1, 0.15) is 63.0 Å². The first-order valence-electron chi connectivity index (χ1n) is 12.2. The maximum atomic E-state index is 13.8. The first kappa shape index (κ1) is 26.0. The summed E-state index contributed by atoms with van der Waals surface area (Å²) < 4.78 is 17.5. The monoisotopic (exact) mass is 553 g/mol. The molecule has 1 heterocycles. The van der Waals surface area contributed by atoms with Gasteiger partial charge in [-0.2, -0.15) is 0 Å². The topological polar surface area (TPSA) is 73.9 Å². The van der Waals surface area contributed by atoms with Crippen molar-refractivity contribution in [3.8, 4) is 11.5 Å². The third-order valence-corrected chi connectivity index (χ3v) is 7.70. The summed E-state index contributed by atoms with van der Waals surface area (Å²) in [5.74, 6) is 0.141. The number of allylic oxidation sites excluding steroid dienone is 3. The van der Waals surface area contributed by atoms with E-state index in [1.54, 1.807) is 14.2 Å². The highest BCUT2D eigenvalue weighted by Crippen LogP contribution is 2.49. The van der Waals surface area contributed by atoms with Gasteiger partial charge in [-0.3, -0.25) is 4.79 Å². The van der Waals surface area contributed by atoms with Gasteiger partial charge in [-0.25, -0.2) is 4.79 Å². The normalized spacial score (nSPS) is 20.4. The number of ketones is 1. The van der Waals surface area contributed by atoms with Gasteiger partial charge in [-0.05, 0) is 55.9 Å². The number of nitrogens with one attached hydrogen (secondary N) is 1. The Labute approximate surface area is 220 Å². The largest absolute Gasteiger partial charge is 0.493 e. The molecule has 0 spiro atoms. The zero-order chi connectivity index (χ0) is 26.0. The summed E-state index contributed by atoms with van der Waals surface area (Å²) in [5.41, 5.74) is 4.47. The van der Waals surface area contributed by atoms with Crippen LogP contribution in [0, 0.1) is 0 Å². The molecule has 7 heteroatoms. The Balaban J connectivity index is 1.87. The van der Waals surface area contributed by atoms with Crippen LogP contribution in [0.4, 0.5) is 0 Å². The van der Waals surface area contributed by atoms with Crippen molar-refractivity contribution in [2.45, 2.75) is 58.0 Å². The number of rotatable bonds is 7. The molecule has 2 aliphatic rings. The predicted octanol–water partition coefficient (Wildman–Crippen LogP) is 6.17.